The van der Waals surface area contributed by atoms with Gasteiger partial charge in [0, 0.05) is 24.4 Å². The van der Waals surface area contributed by atoms with Crippen LogP contribution in [0.15, 0.2) is 30.3 Å². The van der Waals surface area contributed by atoms with Crippen LogP contribution in [0, 0.1) is 0 Å². The minimum atomic E-state index is 1.09. The first-order chi connectivity index (χ1) is 7.36. The molecule has 2 rings (SSSR count). The molecule has 0 fully saturated rings. The van der Waals surface area contributed by atoms with Crippen molar-refractivity contribution in [1.29, 1.82) is 0 Å². The maximum Gasteiger partial charge on any atom is 0.0402 e. The van der Waals surface area contributed by atoms with Gasteiger partial charge in [-0.25, -0.2) is 0 Å². The van der Waals surface area contributed by atoms with E-state index in [0.717, 1.165) is 13.1 Å². The first-order valence-corrected chi connectivity index (χ1v) is 5.90. The molecule has 0 aliphatic heterocycles. The van der Waals surface area contributed by atoms with Crippen LogP contribution in [0.4, 0.5) is 0 Å². The zero-order chi connectivity index (χ0) is 10.7. The second-order valence-electron chi connectivity index (χ2n) is 3.96. The van der Waals surface area contributed by atoms with Crippen LogP contribution >= 0.6 is 0 Å². The predicted molar refractivity (Wildman–Crippen MR) is 65.7 cm³/mol. The molecule has 1 nitrogen and oxygen atoms in total. The third kappa shape index (κ3) is 1.92. The van der Waals surface area contributed by atoms with Crippen molar-refractivity contribution in [3.63, 3.8) is 0 Å². The van der Waals surface area contributed by atoms with Gasteiger partial charge in [0.2, 0.25) is 0 Å². The van der Waals surface area contributed by atoms with Crippen molar-refractivity contribution in [2.75, 3.05) is 13.1 Å². The van der Waals surface area contributed by atoms with E-state index in [1.165, 1.54) is 29.7 Å². The van der Waals surface area contributed by atoms with Gasteiger partial charge >= 0.3 is 0 Å². The first-order valence-electron chi connectivity index (χ1n) is 5.90. The molecule has 0 radical (unpaired) electrons. The lowest BCUT2D eigenvalue weighted by atomic mass is 9.94. The highest BCUT2D eigenvalue weighted by Gasteiger charge is 2.15. The van der Waals surface area contributed by atoms with Gasteiger partial charge in [0.1, 0.15) is 0 Å². The average Bonchev–Trinajstić information content (AvgIpc) is 2.31. The van der Waals surface area contributed by atoms with Crippen molar-refractivity contribution in [3.8, 4) is 0 Å². The van der Waals surface area contributed by atoms with Gasteiger partial charge in [-0.3, -0.25) is 0 Å². The van der Waals surface area contributed by atoms with Crippen LogP contribution in [0.1, 0.15) is 31.4 Å². The maximum atomic E-state index is 2.44. The molecule has 0 N–H and O–H groups in total. The summed E-state index contributed by atoms with van der Waals surface area (Å²) >= 11 is 0. The number of nitrogens with zero attached hydrogens (tertiary/aromatic N) is 1. The molecule has 0 atom stereocenters. The fourth-order valence-corrected chi connectivity index (χ4v) is 2.33. The Balaban J connectivity index is 2.37. The predicted octanol–water partition coefficient (Wildman–Crippen LogP) is 3.32. The Bertz CT molecular complexity index is 361. The average molecular weight is 201 g/mol. The van der Waals surface area contributed by atoms with Gasteiger partial charge < -0.3 is 4.90 Å². The summed E-state index contributed by atoms with van der Waals surface area (Å²) in [5.74, 6) is 0. The molecule has 15 heavy (non-hydrogen) atoms. The Labute approximate surface area is 92.4 Å². The zero-order valence-electron chi connectivity index (χ0n) is 9.66. The van der Waals surface area contributed by atoms with E-state index in [1.54, 1.807) is 0 Å². The lowest BCUT2D eigenvalue weighted by Crippen LogP contribution is -2.23. The van der Waals surface area contributed by atoms with Gasteiger partial charge in [0.25, 0.3) is 0 Å². The molecule has 0 bridgehead atoms. The molecule has 1 heteroatoms. The molecule has 0 saturated heterocycles. The Hall–Kier alpha value is -1.24. The van der Waals surface area contributed by atoms with Gasteiger partial charge in [-0.1, -0.05) is 30.3 Å². The van der Waals surface area contributed by atoms with Crippen LogP contribution in [-0.2, 0) is 6.42 Å². The molecule has 0 aromatic heterocycles. The smallest absolute Gasteiger partial charge is 0.0402 e. The second-order valence-corrected chi connectivity index (χ2v) is 3.96. The van der Waals surface area contributed by atoms with Crippen molar-refractivity contribution < 1.29 is 0 Å². The fourth-order valence-electron chi connectivity index (χ4n) is 2.33. The van der Waals surface area contributed by atoms with E-state index in [0.29, 0.717) is 0 Å². The number of hydrogen-bond acceptors (Lipinski definition) is 1. The van der Waals surface area contributed by atoms with E-state index >= 15 is 0 Å². The summed E-state index contributed by atoms with van der Waals surface area (Å²) in [6.45, 7) is 6.64. The topological polar surface area (TPSA) is 3.24 Å². The summed E-state index contributed by atoms with van der Waals surface area (Å²) in [6, 6.07) is 8.79. The Morgan fingerprint density at radius 2 is 1.87 bits per heavy atom. The molecule has 1 aliphatic rings. The van der Waals surface area contributed by atoms with Crippen molar-refractivity contribution in [2.45, 2.75) is 26.7 Å². The molecule has 1 aromatic rings. The van der Waals surface area contributed by atoms with Crippen LogP contribution in [0.25, 0.3) is 5.70 Å². The third-order valence-electron chi connectivity index (χ3n) is 3.15. The molecule has 1 aliphatic carbocycles. The summed E-state index contributed by atoms with van der Waals surface area (Å²) in [4.78, 5) is 2.44. The van der Waals surface area contributed by atoms with Crippen molar-refractivity contribution in [1.82, 2.24) is 4.90 Å². The summed E-state index contributed by atoms with van der Waals surface area (Å²) in [5, 5.41) is 0. The van der Waals surface area contributed by atoms with Crippen LogP contribution < -0.4 is 0 Å². The maximum absolute atomic E-state index is 2.44. The van der Waals surface area contributed by atoms with E-state index in [2.05, 4.69) is 49.1 Å². The molecule has 80 valence electrons. The molecule has 0 heterocycles. The molecule has 0 spiro atoms. The zero-order valence-corrected chi connectivity index (χ0v) is 9.66. The molecule has 1 aromatic carbocycles. The highest BCUT2D eigenvalue weighted by atomic mass is 15.1. The lowest BCUT2D eigenvalue weighted by Gasteiger charge is -2.28. The van der Waals surface area contributed by atoms with Crippen molar-refractivity contribution >= 4 is 5.70 Å². The SMILES string of the molecule is CCN(CC)C1=CCCc2ccccc21. The quantitative estimate of drug-likeness (QED) is 0.725. The van der Waals surface area contributed by atoms with Gasteiger partial charge in [0.05, 0.1) is 0 Å². The third-order valence-corrected chi connectivity index (χ3v) is 3.15. The number of allylic oxidation sites excluding steroid dienone is 1. The van der Waals surface area contributed by atoms with Crippen LogP contribution in [0.5, 0.6) is 0 Å². The second kappa shape index (κ2) is 4.52. The standard InChI is InChI=1S/C14H19N/c1-3-15(4-2)14-11-7-9-12-8-5-6-10-13(12)14/h5-6,8,10-11H,3-4,7,9H2,1-2H3. The molecular weight excluding hydrogens is 182 g/mol. The normalized spacial score (nSPS) is 14.4. The van der Waals surface area contributed by atoms with E-state index in [-0.39, 0.29) is 0 Å². The lowest BCUT2D eigenvalue weighted by molar-refractivity contribution is 0.438. The summed E-state index contributed by atoms with van der Waals surface area (Å²) in [7, 11) is 0. The first kappa shape index (κ1) is 10.3. The van der Waals surface area contributed by atoms with Crippen LogP contribution in [-0.4, -0.2) is 18.0 Å². The largest absolute Gasteiger partial charge is 0.372 e. The van der Waals surface area contributed by atoms with E-state index < -0.39 is 0 Å². The Morgan fingerprint density at radius 1 is 1.13 bits per heavy atom. The monoisotopic (exact) mass is 201 g/mol. The van der Waals surface area contributed by atoms with E-state index in [4.69, 9.17) is 0 Å². The molecular formula is C14H19N. The van der Waals surface area contributed by atoms with Crippen molar-refractivity contribution in [2.24, 2.45) is 0 Å². The molecule has 0 saturated carbocycles. The van der Waals surface area contributed by atoms with Crippen LogP contribution in [0.3, 0.4) is 0 Å². The minimum Gasteiger partial charge on any atom is -0.372 e. The number of benzene rings is 1. The summed E-state index contributed by atoms with van der Waals surface area (Å²) in [6.07, 6.45) is 4.76. The van der Waals surface area contributed by atoms with Gasteiger partial charge in [-0.2, -0.15) is 0 Å². The van der Waals surface area contributed by atoms with Gasteiger partial charge in [0.15, 0.2) is 0 Å². The Kier molecular flexibility index (Phi) is 3.10. The van der Waals surface area contributed by atoms with Crippen LogP contribution in [0.2, 0.25) is 0 Å². The highest BCUT2D eigenvalue weighted by molar-refractivity contribution is 5.68. The summed E-state index contributed by atoms with van der Waals surface area (Å²) < 4.78 is 0. The summed E-state index contributed by atoms with van der Waals surface area (Å²) in [5.41, 5.74) is 4.37. The number of fused-ring (bicyclic) bond motifs is 1. The minimum absolute atomic E-state index is 1.09. The van der Waals surface area contributed by atoms with Gasteiger partial charge in [-0.05, 0) is 32.3 Å². The van der Waals surface area contributed by atoms with Gasteiger partial charge in [-0.15, -0.1) is 0 Å². The highest BCUT2D eigenvalue weighted by Crippen LogP contribution is 2.28. The fraction of sp³-hybridized carbons (Fsp3) is 0.429. The van der Waals surface area contributed by atoms with Crippen molar-refractivity contribution in [3.05, 3.63) is 41.5 Å². The van der Waals surface area contributed by atoms with E-state index in [9.17, 15) is 0 Å². The molecule has 0 unspecified atom stereocenters. The molecule has 0 amide bonds. The number of aryl methyl sites for hydroxylation is 1. The Morgan fingerprint density at radius 3 is 2.60 bits per heavy atom. The van der Waals surface area contributed by atoms with E-state index in [1.807, 2.05) is 0 Å². The number of rotatable bonds is 3. The number of hydrogen-bond donors (Lipinski definition) is 0.